The molecule has 8 unspecified atom stereocenters. The Morgan fingerprint density at radius 2 is 0.978 bits per heavy atom. The first kappa shape index (κ1) is 44.7. The van der Waals surface area contributed by atoms with Crippen molar-refractivity contribution in [1.82, 2.24) is 0 Å². The zero-order chi connectivity index (χ0) is 34.2. The van der Waals surface area contributed by atoms with Gasteiger partial charge in [-0.05, 0) is 127 Å². The summed E-state index contributed by atoms with van der Waals surface area (Å²) in [7, 11) is -1.89. The van der Waals surface area contributed by atoms with Crippen molar-refractivity contribution in [2.45, 2.75) is 167 Å². The summed E-state index contributed by atoms with van der Waals surface area (Å²) in [6, 6.07) is 0.535. The molecule has 0 saturated heterocycles. The first-order valence-corrected chi connectivity index (χ1v) is 30.2. The van der Waals surface area contributed by atoms with Crippen molar-refractivity contribution in [2.24, 2.45) is 33.7 Å². The molecule has 0 bridgehead atoms. The molecule has 4 nitrogen and oxygen atoms in total. The van der Waals surface area contributed by atoms with E-state index in [0.717, 1.165) is 77.4 Å². The molecule has 45 heavy (non-hydrogen) atoms. The number of aliphatic imine (C=N–C) groups is 2. The van der Waals surface area contributed by atoms with Gasteiger partial charge in [-0.15, -0.1) is 23.2 Å². The summed E-state index contributed by atoms with van der Waals surface area (Å²) in [6.07, 6.45) is 12.8. The second-order valence-electron chi connectivity index (χ2n) is 15.0. The van der Waals surface area contributed by atoms with Crippen LogP contribution in [0.5, 0.6) is 0 Å². The van der Waals surface area contributed by atoms with Gasteiger partial charge in [-0.2, -0.15) is 0 Å². The van der Waals surface area contributed by atoms with E-state index in [2.05, 4.69) is 95.4 Å². The number of alkyl halides is 2. The van der Waals surface area contributed by atoms with Gasteiger partial charge in [-0.1, -0.05) is 40.5 Å². The van der Waals surface area contributed by atoms with Crippen LogP contribution in [0.4, 0.5) is 0 Å². The third-order valence-electron chi connectivity index (χ3n) is 9.52. The Balaban J connectivity index is 0.00000324. The average Bonchev–Trinajstić information content (AvgIpc) is 2.96. The number of halogens is 4. The minimum absolute atomic E-state index is 0.206. The summed E-state index contributed by atoms with van der Waals surface area (Å²) >= 11 is 20.0. The van der Waals surface area contributed by atoms with Crippen molar-refractivity contribution in [2.75, 3.05) is 13.2 Å². The monoisotopic (exact) mass is 876 g/mol. The van der Waals surface area contributed by atoms with Crippen LogP contribution in [-0.2, 0) is 19.7 Å². The number of rotatable bonds is 17. The fourth-order valence-corrected chi connectivity index (χ4v) is 9.51. The van der Waals surface area contributed by atoms with Crippen LogP contribution in [0.2, 0.25) is 39.3 Å². The molecule has 11 heteroatoms. The van der Waals surface area contributed by atoms with Crippen molar-refractivity contribution < 1.29 is 19.7 Å². The van der Waals surface area contributed by atoms with E-state index in [1.165, 1.54) is 35.2 Å². The molecule has 2 aliphatic rings. The van der Waals surface area contributed by atoms with Crippen LogP contribution in [-0.4, -0.2) is 64.1 Å². The zero-order valence-electron chi connectivity index (χ0n) is 30.1. The molecule has 2 rings (SSSR count). The second kappa shape index (κ2) is 23.2. The van der Waals surface area contributed by atoms with Gasteiger partial charge in [-0.25, -0.2) is 0 Å². The van der Waals surface area contributed by atoms with E-state index in [9.17, 15) is 0 Å². The Hall–Kier alpha value is 1.73. The molecule has 2 aliphatic carbocycles. The molecule has 8 atom stereocenters. The molecule has 0 aromatic carbocycles. The molecule has 0 heterocycles. The zero-order valence-corrected chi connectivity index (χ0v) is 37.7. The molecule has 270 valence electrons. The first-order valence-electron chi connectivity index (χ1n) is 17.7. The second-order valence-corrected chi connectivity index (χ2v) is 30.1. The van der Waals surface area contributed by atoms with Crippen LogP contribution in [0.3, 0.4) is 0 Å². The summed E-state index contributed by atoms with van der Waals surface area (Å²) < 4.78 is 12.6. The van der Waals surface area contributed by atoms with E-state index in [1.807, 2.05) is 0 Å². The van der Waals surface area contributed by atoms with E-state index >= 15 is 0 Å². The van der Waals surface area contributed by atoms with Crippen molar-refractivity contribution >= 4 is 79.7 Å². The van der Waals surface area contributed by atoms with Crippen molar-refractivity contribution in [3.8, 4) is 0 Å². The van der Waals surface area contributed by atoms with E-state index in [1.54, 1.807) is 0 Å². The van der Waals surface area contributed by atoms with Crippen LogP contribution < -0.4 is 0 Å². The van der Waals surface area contributed by atoms with E-state index in [4.69, 9.17) is 42.0 Å². The summed E-state index contributed by atoms with van der Waals surface area (Å²) in [5, 5.41) is 0.413. The van der Waals surface area contributed by atoms with Crippen molar-refractivity contribution in [3.05, 3.63) is 0 Å². The minimum atomic E-state index is -1.57. The Bertz CT molecular complexity index is 808. The Morgan fingerprint density at radius 1 is 0.644 bits per heavy atom. The van der Waals surface area contributed by atoms with Gasteiger partial charge in [-0.3, -0.25) is 9.98 Å². The molecular formula is C34H66Br2Cl2N2NiO2Si2. The van der Waals surface area contributed by atoms with Crippen LogP contribution in [0, 0.1) is 23.7 Å². The first-order chi connectivity index (χ1) is 21.2. The van der Waals surface area contributed by atoms with Gasteiger partial charge < -0.3 is 8.85 Å². The van der Waals surface area contributed by atoms with Gasteiger partial charge in [0, 0.05) is 24.0 Å². The Morgan fingerprint density at radius 3 is 1.24 bits per heavy atom. The predicted molar refractivity (Wildman–Crippen MR) is 210 cm³/mol. The van der Waals surface area contributed by atoms with Gasteiger partial charge in [0.1, 0.15) is 0 Å². The number of nitrogens with zero attached hydrogens (tertiary/aromatic N) is 2. The normalized spacial score (nSPS) is 30.3. The summed E-state index contributed by atoms with van der Waals surface area (Å²) in [4.78, 5) is 11.5. The van der Waals surface area contributed by atoms with Crippen LogP contribution in [0.15, 0.2) is 9.98 Å². The SMILES string of the molecule is CCC1CCC(Cl)C(CC)C1N=C(CCCO[Si](C)(C)C)C(CCCO[Si](C)(C)C)=NC1C(CC)CCC(Cl)C1CC.[Br][Ni][Br]. The summed E-state index contributed by atoms with van der Waals surface area (Å²) in [6.45, 7) is 24.5. The van der Waals surface area contributed by atoms with Gasteiger partial charge in [0.25, 0.3) is 0 Å². The third-order valence-corrected chi connectivity index (χ3v) is 12.7. The third kappa shape index (κ3) is 17.0. The number of hydrogen-bond acceptors (Lipinski definition) is 4. The van der Waals surface area contributed by atoms with Crippen molar-refractivity contribution in [1.29, 1.82) is 0 Å². The molecule has 0 spiro atoms. The maximum absolute atomic E-state index is 6.99. The predicted octanol–water partition coefficient (Wildman–Crippen LogP) is 12.5. The van der Waals surface area contributed by atoms with Crippen LogP contribution in [0.1, 0.15) is 105 Å². The van der Waals surface area contributed by atoms with E-state index in [-0.39, 0.29) is 22.8 Å². The standard InChI is InChI=1S/C34H66Cl2N2O2Si2.2BrH.Ni/c1-11-25-19-21-29(35)27(13-3)33(25)37-31(17-15-23-39-41(5,6)7)32(18-16-24-40-42(8,9)10)38-34-26(12-2)20-22-30(36)28(34)14-4;;;/h25-30,33-34H,11-24H2,1-10H3;2*1H;/q;;;+2/p-2. The Kier molecular flexibility index (Phi) is 23.1. The fourth-order valence-electron chi connectivity index (χ4n) is 7.09. The van der Waals surface area contributed by atoms with E-state index < -0.39 is 16.6 Å². The summed E-state index contributed by atoms with van der Waals surface area (Å²) in [5.41, 5.74) is 2.44. The average molecular weight is 880 g/mol. The molecule has 0 amide bonds. The molecule has 0 aromatic heterocycles. The maximum atomic E-state index is 6.99. The molecular weight excluding hydrogens is 814 g/mol. The van der Waals surface area contributed by atoms with Crippen LogP contribution in [0.25, 0.3) is 0 Å². The van der Waals surface area contributed by atoms with Gasteiger partial charge in [0.05, 0.1) is 23.5 Å². The topological polar surface area (TPSA) is 43.2 Å². The summed E-state index contributed by atoms with van der Waals surface area (Å²) in [5.74, 6) is 2.01. The molecule has 2 fully saturated rings. The van der Waals surface area contributed by atoms with Gasteiger partial charge >= 0.3 is 39.3 Å². The van der Waals surface area contributed by atoms with Crippen molar-refractivity contribution in [3.63, 3.8) is 0 Å². The molecule has 0 radical (unpaired) electrons. The van der Waals surface area contributed by atoms with E-state index in [0.29, 0.717) is 23.7 Å². The Labute approximate surface area is 310 Å². The molecule has 2 saturated carbocycles. The quantitative estimate of drug-likeness (QED) is 0.0632. The molecule has 0 aromatic rings. The molecule has 0 aliphatic heterocycles. The van der Waals surface area contributed by atoms with Gasteiger partial charge in [0.2, 0.25) is 0 Å². The van der Waals surface area contributed by atoms with Crippen LogP contribution >= 0.6 is 51.7 Å². The number of hydrogen-bond donors (Lipinski definition) is 0. The fraction of sp³-hybridized carbons (Fsp3) is 0.941. The molecule has 0 N–H and O–H groups in total. The van der Waals surface area contributed by atoms with Gasteiger partial charge in [0.15, 0.2) is 16.6 Å².